The third-order valence-corrected chi connectivity index (χ3v) is 14.7. The molecule has 0 bridgehead atoms. The lowest BCUT2D eigenvalue weighted by molar-refractivity contribution is -0.144. The van der Waals surface area contributed by atoms with Crippen LogP contribution in [0.5, 0.6) is 11.5 Å². The molecule has 4 aromatic rings. The van der Waals surface area contributed by atoms with Crippen molar-refractivity contribution in [1.82, 2.24) is 30.7 Å². The first-order valence-corrected chi connectivity index (χ1v) is 25.1. The highest BCUT2D eigenvalue weighted by molar-refractivity contribution is 6.07. The number of amides is 9. The van der Waals surface area contributed by atoms with E-state index >= 15 is 0 Å². The number of hydrogen-bond acceptors (Lipinski definition) is 13. The number of halogens is 2. The van der Waals surface area contributed by atoms with Crippen LogP contribution < -0.4 is 36.1 Å². The van der Waals surface area contributed by atoms with E-state index in [2.05, 4.69) is 33.5 Å². The Labute approximate surface area is 456 Å². The van der Waals surface area contributed by atoms with E-state index in [-0.39, 0.29) is 57.7 Å². The lowest BCUT2D eigenvalue weighted by Crippen LogP contribution is -2.46. The maximum Gasteiger partial charge on any atom is 0.418 e. The van der Waals surface area contributed by atoms with Gasteiger partial charge in [-0.25, -0.2) is 37.8 Å². The molecule has 23 heteroatoms. The van der Waals surface area contributed by atoms with Gasteiger partial charge in [0.15, 0.2) is 0 Å². The number of aryl methyl sites for hydroxylation is 2. The molecule has 6 atom stereocenters. The molecule has 2 spiro atoms. The second-order valence-corrected chi connectivity index (χ2v) is 19.4. The predicted molar refractivity (Wildman–Crippen MR) is 285 cm³/mol. The quantitative estimate of drug-likeness (QED) is 0.0879. The van der Waals surface area contributed by atoms with Crippen molar-refractivity contribution in [2.75, 3.05) is 52.0 Å². The number of carbonyl (C=O) groups is 8. The van der Waals surface area contributed by atoms with Gasteiger partial charge >= 0.3 is 30.2 Å². The van der Waals surface area contributed by atoms with Gasteiger partial charge in [-0.1, -0.05) is 39.1 Å². The van der Waals surface area contributed by atoms with E-state index in [0.717, 1.165) is 34.4 Å². The first-order valence-electron chi connectivity index (χ1n) is 25.1. The van der Waals surface area contributed by atoms with E-state index in [9.17, 15) is 47.1 Å². The molecule has 4 aromatic carbocycles. The number of hydrogen-bond donors (Lipinski definition) is 6. The van der Waals surface area contributed by atoms with Crippen molar-refractivity contribution >= 4 is 59.3 Å². The third-order valence-electron chi connectivity index (χ3n) is 14.7. The second kappa shape index (κ2) is 24.5. The molecule has 6 N–H and O–H groups in total. The average molecular weight is 1100 g/mol. The van der Waals surface area contributed by atoms with Gasteiger partial charge in [-0.15, -0.1) is 0 Å². The van der Waals surface area contributed by atoms with Gasteiger partial charge in [0.05, 0.1) is 20.3 Å². The number of likely N-dealkylation sites (tertiary alicyclic amines) is 1. The molecule has 9 amide bonds. The highest BCUT2D eigenvalue weighted by atomic mass is 19.1. The fourth-order valence-corrected chi connectivity index (χ4v) is 11.0. The molecule has 10 rings (SSSR count). The van der Waals surface area contributed by atoms with Crippen molar-refractivity contribution in [3.8, 4) is 11.5 Å². The first kappa shape index (κ1) is 59.9. The lowest BCUT2D eigenvalue weighted by atomic mass is 9.94. The lowest BCUT2D eigenvalue weighted by Gasteiger charge is -2.31. The third kappa shape index (κ3) is 11.9. The summed E-state index contributed by atoms with van der Waals surface area (Å²) in [4.78, 5) is 101. The van der Waals surface area contributed by atoms with E-state index in [1.54, 1.807) is 54.5 Å². The van der Waals surface area contributed by atoms with Gasteiger partial charge < -0.3 is 55.5 Å². The zero-order valence-electron chi connectivity index (χ0n) is 43.3. The van der Waals surface area contributed by atoms with Gasteiger partial charge in [0.25, 0.3) is 11.8 Å². The number of carboxylic acids is 1. The van der Waals surface area contributed by atoms with Crippen molar-refractivity contribution in [3.63, 3.8) is 0 Å². The zero-order valence-corrected chi connectivity index (χ0v) is 43.3. The Kier molecular flexibility index (Phi) is 18.6. The van der Waals surface area contributed by atoms with Crippen molar-refractivity contribution in [2.45, 2.75) is 115 Å². The van der Waals surface area contributed by atoms with Gasteiger partial charge in [0, 0.05) is 90.8 Å². The number of aliphatic carboxylic acids is 1. The van der Waals surface area contributed by atoms with Crippen LogP contribution in [0.1, 0.15) is 113 Å². The highest BCUT2D eigenvalue weighted by Crippen LogP contribution is 2.48. The topological polar surface area (TPSA) is 264 Å². The summed E-state index contributed by atoms with van der Waals surface area (Å²) in [5.74, 6) is -2.66. The summed E-state index contributed by atoms with van der Waals surface area (Å²) in [7, 11) is 6.02. The Morgan fingerprint density at radius 2 is 1.15 bits per heavy atom. The van der Waals surface area contributed by atoms with Crippen LogP contribution in [0.15, 0.2) is 72.8 Å². The molecule has 6 aliphatic rings. The molecule has 4 fully saturated rings. The standard InChI is InChI=1S/C27H29FN4O6.C15H15N3O6.C12H16FNO.2CH4/c1-15-4-9-21(19-7-5-17(28)13-22(19)37-3)32(15)23(33)14-31-24(34)27(38-26(31)36)11-10-16-12-18(6-8-20(16)27)30-25(35)29-2;1-16-13(22)17-9-2-3-10-8(6-9)4-5-15(10)12(21)18(7-11(19)20)14(23)24-15;1-8-3-6-11(14-8)10-5-4-9(13)7-12(10)15-2;;/h5-8,12-13,15,21H,4,9-11,14H2,1-3H3,(H2,29,30,35);2-3,6H,4-5,7H2,1H3,(H,19,20)(H2,16,17,22);4-5,7-8,11,14H,3,6H2,1-2H3;2*1H4/t15?,21?,27-;15-;;;/m11.../s1. The van der Waals surface area contributed by atoms with E-state index < -0.39 is 66.0 Å². The van der Waals surface area contributed by atoms with Crippen LogP contribution in [0.4, 0.5) is 39.3 Å². The number of anilines is 2. The molecular weight excluding hydrogens is 1030 g/mol. The normalized spacial score (nSPS) is 23.0. The van der Waals surface area contributed by atoms with Crippen molar-refractivity contribution < 1.29 is 71.2 Å². The number of ether oxygens (including phenoxy) is 4. The number of nitrogens with one attached hydrogen (secondary N) is 5. The van der Waals surface area contributed by atoms with Crippen LogP contribution in [-0.2, 0) is 52.7 Å². The summed E-state index contributed by atoms with van der Waals surface area (Å²) in [6.07, 6.45) is 3.19. The maximum absolute atomic E-state index is 13.8. The Balaban J connectivity index is 0.000000210. The van der Waals surface area contributed by atoms with Crippen LogP contribution in [0.3, 0.4) is 0 Å². The van der Waals surface area contributed by atoms with Crippen LogP contribution in [0.25, 0.3) is 0 Å². The van der Waals surface area contributed by atoms with Crippen LogP contribution in [0.2, 0.25) is 0 Å². The van der Waals surface area contributed by atoms with Gasteiger partial charge in [-0.05, 0) is 99.9 Å². The molecule has 21 nitrogen and oxygen atoms in total. The minimum Gasteiger partial charge on any atom is -0.496 e. The molecule has 0 radical (unpaired) electrons. The summed E-state index contributed by atoms with van der Waals surface area (Å²) in [5.41, 5.74) is 2.49. The van der Waals surface area contributed by atoms with Gasteiger partial charge in [-0.2, -0.15) is 0 Å². The summed E-state index contributed by atoms with van der Waals surface area (Å²) < 4.78 is 48.3. The van der Waals surface area contributed by atoms with E-state index in [4.69, 9.17) is 24.1 Å². The smallest absolute Gasteiger partial charge is 0.418 e. The number of urea groups is 2. The molecule has 0 saturated carbocycles. The Morgan fingerprint density at radius 1 is 0.671 bits per heavy atom. The number of imide groups is 2. The number of fused-ring (bicyclic) bond motifs is 4. The summed E-state index contributed by atoms with van der Waals surface area (Å²) >= 11 is 0. The largest absolute Gasteiger partial charge is 0.496 e. The number of rotatable bonds is 10. The average Bonchev–Trinajstić information content (AvgIpc) is 4.03. The zero-order chi connectivity index (χ0) is 55.5. The van der Waals surface area contributed by atoms with Crippen LogP contribution >= 0.6 is 0 Å². The molecule has 0 aromatic heterocycles. The monoisotopic (exact) mass is 1100 g/mol. The summed E-state index contributed by atoms with van der Waals surface area (Å²) in [6.45, 7) is 2.87. The van der Waals surface area contributed by atoms with Crippen molar-refractivity contribution in [3.05, 3.63) is 118 Å². The molecule has 4 unspecified atom stereocenters. The van der Waals surface area contributed by atoms with Gasteiger partial charge in [-0.3, -0.25) is 19.2 Å². The Hall–Kier alpha value is -8.34. The number of benzene rings is 4. The summed E-state index contributed by atoms with van der Waals surface area (Å²) in [5, 5.41) is 22.5. The van der Waals surface area contributed by atoms with Crippen molar-refractivity contribution in [2.24, 2.45) is 0 Å². The fourth-order valence-electron chi connectivity index (χ4n) is 11.0. The van der Waals surface area contributed by atoms with Crippen LogP contribution in [-0.4, -0.2) is 121 Å². The Bertz CT molecular complexity index is 3030. The molecule has 2 aliphatic carbocycles. The molecule has 4 saturated heterocycles. The first-order chi connectivity index (χ1) is 36.7. The van der Waals surface area contributed by atoms with Gasteiger partial charge in [0.1, 0.15) is 36.2 Å². The second-order valence-electron chi connectivity index (χ2n) is 19.4. The number of methoxy groups -OCH3 is 2. The van der Waals surface area contributed by atoms with E-state index in [0.29, 0.717) is 82.2 Å². The predicted octanol–water partition coefficient (Wildman–Crippen LogP) is 8.02. The van der Waals surface area contributed by atoms with Crippen LogP contribution in [0, 0.1) is 11.6 Å². The van der Waals surface area contributed by atoms with Gasteiger partial charge in [0.2, 0.25) is 17.1 Å². The summed E-state index contributed by atoms with van der Waals surface area (Å²) in [6, 6.07) is 18.5. The molecule has 424 valence electrons. The molecule has 4 heterocycles. The minimum atomic E-state index is -1.49. The molecular formula is C56H68F2N8O13. The number of nitrogens with zero attached hydrogens (tertiary/aromatic N) is 3. The SMILES string of the molecule is C.C.CNC(=O)Nc1ccc2c(c1)CC[C@@]21OC(=O)N(CC(=O)N2C(C)CCC2c2ccc(F)cc2OC)C1=O.CNC(=O)Nc1ccc2c(c1)CC[C@@]21OC(=O)N(CC(=O)O)C1=O.COc1cc(F)ccc1C1CCC(C)N1. The van der Waals surface area contributed by atoms with Crippen molar-refractivity contribution in [1.29, 1.82) is 0 Å². The minimum absolute atomic E-state index is 0. The molecule has 4 aliphatic heterocycles. The highest BCUT2D eigenvalue weighted by Gasteiger charge is 2.60. The maximum atomic E-state index is 13.8. The van der Waals surface area contributed by atoms with E-state index in [1.165, 1.54) is 45.5 Å². The Morgan fingerprint density at radius 3 is 1.61 bits per heavy atom. The number of carbonyl (C=O) groups excluding carboxylic acids is 7. The fraction of sp³-hybridized carbons (Fsp3) is 0.429. The molecule has 79 heavy (non-hydrogen) atoms. The van der Waals surface area contributed by atoms with E-state index in [1.807, 2.05) is 13.0 Å². The number of carboxylic acid groups (broad SMARTS) is 1.